The van der Waals surface area contributed by atoms with Gasteiger partial charge in [-0.2, -0.15) is 4.31 Å². The summed E-state index contributed by atoms with van der Waals surface area (Å²) in [7, 11) is -3.62. The van der Waals surface area contributed by atoms with E-state index in [2.05, 4.69) is 13.8 Å². The molecule has 1 aromatic rings. The van der Waals surface area contributed by atoms with E-state index in [9.17, 15) is 13.2 Å². The van der Waals surface area contributed by atoms with Crippen LogP contribution in [-0.2, 0) is 14.8 Å². The van der Waals surface area contributed by atoms with Gasteiger partial charge in [0.05, 0.1) is 4.90 Å². The Hall–Kier alpha value is -1.80. The quantitative estimate of drug-likeness (QED) is 0.725. The minimum Gasteiger partial charge on any atom is -0.486 e. The molecule has 0 saturated carbocycles. The molecule has 8 heteroatoms. The van der Waals surface area contributed by atoms with Crippen LogP contribution < -0.4 is 9.47 Å². The van der Waals surface area contributed by atoms with Crippen LogP contribution >= 0.6 is 0 Å². The number of ether oxygens (including phenoxy) is 2. The standard InChI is InChI=1S/C22H32N2O5S/c1-3-22(2)9-4-10-23(16-22)21(25)17-7-11-24(12-8-17)30(26,27)18-5-6-19-20(15-18)29-14-13-28-19/h5-6,15,17H,3-4,7-14,16H2,1-2H3/t22-/m1/s1. The highest BCUT2D eigenvalue weighted by Crippen LogP contribution is 2.36. The maximum Gasteiger partial charge on any atom is 0.243 e. The summed E-state index contributed by atoms with van der Waals surface area (Å²) in [5.74, 6) is 1.16. The number of rotatable bonds is 4. The highest BCUT2D eigenvalue weighted by Gasteiger charge is 2.37. The van der Waals surface area contributed by atoms with Crippen LogP contribution in [0.1, 0.15) is 46.0 Å². The van der Waals surface area contributed by atoms with Crippen LogP contribution in [0.3, 0.4) is 0 Å². The van der Waals surface area contributed by atoms with Crippen molar-refractivity contribution < 1.29 is 22.7 Å². The number of piperidine rings is 2. The second kappa shape index (κ2) is 8.38. The van der Waals surface area contributed by atoms with Gasteiger partial charge in [-0.1, -0.05) is 13.8 Å². The van der Waals surface area contributed by atoms with Crippen LogP contribution in [0.5, 0.6) is 11.5 Å². The van der Waals surface area contributed by atoms with Gasteiger partial charge in [0.25, 0.3) is 0 Å². The first-order valence-electron chi connectivity index (χ1n) is 11.0. The van der Waals surface area contributed by atoms with Gasteiger partial charge in [0, 0.05) is 38.2 Å². The Labute approximate surface area is 179 Å². The molecular formula is C22H32N2O5S. The predicted octanol–water partition coefficient (Wildman–Crippen LogP) is 2.90. The number of fused-ring (bicyclic) bond motifs is 1. The monoisotopic (exact) mass is 436 g/mol. The van der Waals surface area contributed by atoms with Gasteiger partial charge in [-0.3, -0.25) is 4.79 Å². The number of likely N-dealkylation sites (tertiary alicyclic amines) is 1. The van der Waals surface area contributed by atoms with Crippen molar-refractivity contribution in [3.63, 3.8) is 0 Å². The van der Waals surface area contributed by atoms with Crippen molar-refractivity contribution in [2.45, 2.75) is 50.8 Å². The average Bonchev–Trinajstić information content (AvgIpc) is 2.78. The highest BCUT2D eigenvalue weighted by atomic mass is 32.2. The number of nitrogens with zero attached hydrogens (tertiary/aromatic N) is 2. The van der Waals surface area contributed by atoms with Crippen LogP contribution in [0.2, 0.25) is 0 Å². The summed E-state index contributed by atoms with van der Waals surface area (Å²) in [4.78, 5) is 15.3. The summed E-state index contributed by atoms with van der Waals surface area (Å²) in [6, 6.07) is 4.76. The second-order valence-electron chi connectivity index (χ2n) is 9.01. The fourth-order valence-electron chi connectivity index (χ4n) is 4.73. The first kappa shape index (κ1) is 21.4. The molecule has 0 N–H and O–H groups in total. The normalized spacial score (nSPS) is 25.9. The SMILES string of the molecule is CC[C@]1(C)CCCN(C(=O)C2CCN(S(=O)(=O)c3ccc4c(c3)OCCO4)CC2)C1. The molecule has 1 atom stereocenters. The van der Waals surface area contributed by atoms with E-state index >= 15 is 0 Å². The minimum absolute atomic E-state index is 0.0871. The van der Waals surface area contributed by atoms with Crippen molar-refractivity contribution in [1.82, 2.24) is 9.21 Å². The van der Waals surface area contributed by atoms with Gasteiger partial charge in [-0.15, -0.1) is 0 Å². The average molecular weight is 437 g/mol. The molecule has 1 aromatic carbocycles. The number of carbonyl (C=O) groups excluding carboxylic acids is 1. The molecular weight excluding hydrogens is 404 g/mol. The van der Waals surface area contributed by atoms with E-state index in [4.69, 9.17) is 9.47 Å². The zero-order valence-corrected chi connectivity index (χ0v) is 18.7. The van der Waals surface area contributed by atoms with Crippen LogP contribution in [0.25, 0.3) is 0 Å². The van der Waals surface area contributed by atoms with Crippen LogP contribution in [0.15, 0.2) is 23.1 Å². The van der Waals surface area contributed by atoms with Gasteiger partial charge in [-0.05, 0) is 49.7 Å². The molecule has 2 fully saturated rings. The van der Waals surface area contributed by atoms with Crippen LogP contribution in [-0.4, -0.2) is 62.9 Å². The summed E-state index contributed by atoms with van der Waals surface area (Å²) in [5, 5.41) is 0. The first-order valence-corrected chi connectivity index (χ1v) is 12.4. The Kier molecular flexibility index (Phi) is 5.99. The van der Waals surface area contributed by atoms with E-state index < -0.39 is 10.0 Å². The molecule has 0 aromatic heterocycles. The van der Waals surface area contributed by atoms with Gasteiger partial charge in [-0.25, -0.2) is 8.42 Å². The largest absolute Gasteiger partial charge is 0.486 e. The number of sulfonamides is 1. The fraction of sp³-hybridized carbons (Fsp3) is 0.682. The second-order valence-corrected chi connectivity index (χ2v) is 10.9. The predicted molar refractivity (Wildman–Crippen MR) is 113 cm³/mol. The molecule has 0 bridgehead atoms. The van der Waals surface area contributed by atoms with Gasteiger partial charge in [0.15, 0.2) is 11.5 Å². The molecule has 3 aliphatic rings. The third-order valence-electron chi connectivity index (χ3n) is 6.90. The maximum absolute atomic E-state index is 13.1. The van der Waals surface area contributed by atoms with Crippen LogP contribution in [0, 0.1) is 11.3 Å². The lowest BCUT2D eigenvalue weighted by atomic mass is 9.79. The van der Waals surface area contributed by atoms with Crippen molar-refractivity contribution in [3.8, 4) is 11.5 Å². The number of amides is 1. The lowest BCUT2D eigenvalue weighted by molar-refractivity contribution is -0.140. The van der Waals surface area contributed by atoms with Crippen molar-refractivity contribution in [2.24, 2.45) is 11.3 Å². The zero-order chi connectivity index (χ0) is 21.4. The Morgan fingerprint density at radius 2 is 1.83 bits per heavy atom. The Morgan fingerprint density at radius 1 is 1.13 bits per heavy atom. The molecule has 0 spiro atoms. The van der Waals surface area contributed by atoms with E-state index in [0.29, 0.717) is 50.6 Å². The smallest absolute Gasteiger partial charge is 0.243 e. The molecule has 30 heavy (non-hydrogen) atoms. The van der Waals surface area contributed by atoms with Crippen molar-refractivity contribution >= 4 is 15.9 Å². The molecule has 0 radical (unpaired) electrons. The summed E-state index contributed by atoms with van der Waals surface area (Å²) < 4.78 is 38.7. The van der Waals surface area contributed by atoms with Crippen molar-refractivity contribution in [1.29, 1.82) is 0 Å². The summed E-state index contributed by atoms with van der Waals surface area (Å²) in [5.41, 5.74) is 0.205. The molecule has 2 saturated heterocycles. The topological polar surface area (TPSA) is 76.2 Å². The molecule has 3 heterocycles. The Morgan fingerprint density at radius 3 is 2.53 bits per heavy atom. The van der Waals surface area contributed by atoms with E-state index in [1.807, 2.05) is 4.90 Å². The molecule has 166 valence electrons. The fourth-order valence-corrected chi connectivity index (χ4v) is 6.21. The number of carbonyl (C=O) groups is 1. The van der Waals surface area contributed by atoms with Gasteiger partial charge >= 0.3 is 0 Å². The minimum atomic E-state index is -3.62. The van der Waals surface area contributed by atoms with Gasteiger partial charge < -0.3 is 14.4 Å². The summed E-state index contributed by atoms with van der Waals surface area (Å²) in [6.07, 6.45) is 4.43. The molecule has 4 rings (SSSR count). The van der Waals surface area contributed by atoms with E-state index in [1.54, 1.807) is 18.2 Å². The third-order valence-corrected chi connectivity index (χ3v) is 8.80. The number of hydrogen-bond acceptors (Lipinski definition) is 5. The Balaban J connectivity index is 1.40. The molecule has 3 aliphatic heterocycles. The first-order chi connectivity index (χ1) is 14.3. The highest BCUT2D eigenvalue weighted by molar-refractivity contribution is 7.89. The number of hydrogen-bond donors (Lipinski definition) is 0. The van der Waals surface area contributed by atoms with E-state index in [1.165, 1.54) is 10.7 Å². The molecule has 0 unspecified atom stereocenters. The lowest BCUT2D eigenvalue weighted by Gasteiger charge is -2.42. The van der Waals surface area contributed by atoms with Crippen LogP contribution in [0.4, 0.5) is 0 Å². The van der Waals surface area contributed by atoms with Gasteiger partial charge in [0.2, 0.25) is 15.9 Å². The lowest BCUT2D eigenvalue weighted by Crippen LogP contribution is -2.49. The molecule has 0 aliphatic carbocycles. The maximum atomic E-state index is 13.1. The van der Waals surface area contributed by atoms with E-state index in [0.717, 1.165) is 25.9 Å². The Bertz CT molecular complexity index is 895. The third kappa shape index (κ3) is 4.17. The van der Waals surface area contributed by atoms with E-state index in [-0.39, 0.29) is 22.1 Å². The molecule has 1 amide bonds. The van der Waals surface area contributed by atoms with Gasteiger partial charge in [0.1, 0.15) is 13.2 Å². The summed E-state index contributed by atoms with van der Waals surface area (Å²) >= 11 is 0. The summed E-state index contributed by atoms with van der Waals surface area (Å²) in [6.45, 7) is 7.71. The van der Waals surface area contributed by atoms with Crippen molar-refractivity contribution in [2.75, 3.05) is 39.4 Å². The number of benzene rings is 1. The molecule has 7 nitrogen and oxygen atoms in total. The van der Waals surface area contributed by atoms with Crippen molar-refractivity contribution in [3.05, 3.63) is 18.2 Å². The zero-order valence-electron chi connectivity index (χ0n) is 17.9.